The van der Waals surface area contributed by atoms with Crippen LogP contribution in [0.5, 0.6) is 0 Å². The summed E-state index contributed by atoms with van der Waals surface area (Å²) in [4.78, 5) is 12.5. The number of aromatic nitrogens is 3. The molecule has 2 aromatic rings. The second kappa shape index (κ2) is 5.54. The number of nitrogens with two attached hydrogens (primary N) is 1. The van der Waals surface area contributed by atoms with Crippen molar-refractivity contribution in [3.63, 3.8) is 0 Å². The van der Waals surface area contributed by atoms with Gasteiger partial charge in [0.15, 0.2) is 5.78 Å². The van der Waals surface area contributed by atoms with Gasteiger partial charge in [-0.1, -0.05) is 35.9 Å². The van der Waals surface area contributed by atoms with Gasteiger partial charge in [-0.3, -0.25) is 4.79 Å². The standard InChI is InChI=1S/C15H18N4O/c16-8-12-9-19(18-17-12)10-15(20)14-7-2-1-6-13(14)11-4-3-5-11/h1-2,6-7,9,11H,3-5,8,10,16H2. The highest BCUT2D eigenvalue weighted by molar-refractivity contribution is 5.97. The minimum absolute atomic E-state index is 0.0842. The fourth-order valence-corrected chi connectivity index (χ4v) is 2.57. The molecule has 0 radical (unpaired) electrons. The number of benzene rings is 1. The van der Waals surface area contributed by atoms with Crippen molar-refractivity contribution in [2.24, 2.45) is 5.73 Å². The fourth-order valence-electron chi connectivity index (χ4n) is 2.57. The Morgan fingerprint density at radius 2 is 2.15 bits per heavy atom. The summed E-state index contributed by atoms with van der Waals surface area (Å²) in [6.07, 6.45) is 5.36. The van der Waals surface area contributed by atoms with E-state index in [4.69, 9.17) is 5.73 Å². The molecular formula is C15H18N4O. The smallest absolute Gasteiger partial charge is 0.184 e. The average molecular weight is 270 g/mol. The Morgan fingerprint density at radius 1 is 1.35 bits per heavy atom. The summed E-state index contributed by atoms with van der Waals surface area (Å²) in [7, 11) is 0. The molecule has 0 aliphatic heterocycles. The molecule has 0 bridgehead atoms. The first-order valence-corrected chi connectivity index (χ1v) is 6.99. The summed E-state index contributed by atoms with van der Waals surface area (Å²) < 4.78 is 1.56. The van der Waals surface area contributed by atoms with Crippen molar-refractivity contribution in [1.29, 1.82) is 0 Å². The highest BCUT2D eigenvalue weighted by Gasteiger charge is 2.24. The zero-order valence-corrected chi connectivity index (χ0v) is 11.3. The van der Waals surface area contributed by atoms with Gasteiger partial charge in [0.2, 0.25) is 0 Å². The lowest BCUT2D eigenvalue weighted by Crippen LogP contribution is -2.17. The van der Waals surface area contributed by atoms with E-state index in [0.717, 1.165) is 5.56 Å². The number of Topliss-reactive ketones (excluding diaryl/α,β-unsaturated/α-hetero) is 1. The molecule has 5 nitrogen and oxygen atoms in total. The summed E-state index contributed by atoms with van der Waals surface area (Å²) in [6, 6.07) is 7.91. The highest BCUT2D eigenvalue weighted by Crippen LogP contribution is 2.38. The largest absolute Gasteiger partial charge is 0.325 e. The van der Waals surface area contributed by atoms with E-state index in [0.29, 0.717) is 18.2 Å². The Bertz CT molecular complexity index is 616. The third-order valence-electron chi connectivity index (χ3n) is 3.91. The summed E-state index contributed by atoms with van der Waals surface area (Å²) in [5.41, 5.74) is 8.20. The molecule has 0 saturated heterocycles. The molecule has 0 atom stereocenters. The molecule has 0 spiro atoms. The van der Waals surface area contributed by atoms with Crippen LogP contribution in [0.15, 0.2) is 30.5 Å². The maximum Gasteiger partial charge on any atom is 0.184 e. The van der Waals surface area contributed by atoms with E-state index >= 15 is 0 Å². The molecule has 0 unspecified atom stereocenters. The van der Waals surface area contributed by atoms with Gasteiger partial charge in [-0.15, -0.1) is 5.10 Å². The molecule has 104 valence electrons. The zero-order chi connectivity index (χ0) is 13.9. The Kier molecular flexibility index (Phi) is 3.60. The molecule has 0 amide bonds. The third kappa shape index (κ3) is 2.49. The van der Waals surface area contributed by atoms with Gasteiger partial charge in [0.1, 0.15) is 6.54 Å². The van der Waals surface area contributed by atoms with Crippen LogP contribution < -0.4 is 5.73 Å². The number of carbonyl (C=O) groups is 1. The van der Waals surface area contributed by atoms with Gasteiger partial charge in [0.25, 0.3) is 0 Å². The van der Waals surface area contributed by atoms with E-state index in [1.807, 2.05) is 18.2 Å². The average Bonchev–Trinajstić information content (AvgIpc) is 2.85. The van der Waals surface area contributed by atoms with Gasteiger partial charge < -0.3 is 5.73 Å². The third-order valence-corrected chi connectivity index (χ3v) is 3.91. The van der Waals surface area contributed by atoms with Crippen molar-refractivity contribution in [2.75, 3.05) is 0 Å². The lowest BCUT2D eigenvalue weighted by molar-refractivity contribution is 0.0965. The quantitative estimate of drug-likeness (QED) is 0.842. The van der Waals surface area contributed by atoms with Crippen molar-refractivity contribution in [3.05, 3.63) is 47.3 Å². The zero-order valence-electron chi connectivity index (χ0n) is 11.3. The molecule has 3 rings (SSSR count). The molecule has 1 saturated carbocycles. The van der Waals surface area contributed by atoms with E-state index in [2.05, 4.69) is 16.4 Å². The summed E-state index contributed by atoms with van der Waals surface area (Å²) in [6.45, 7) is 0.559. The van der Waals surface area contributed by atoms with Gasteiger partial charge in [0.05, 0.1) is 11.9 Å². The van der Waals surface area contributed by atoms with Crippen LogP contribution in [0.4, 0.5) is 0 Å². The predicted molar refractivity (Wildman–Crippen MR) is 75.3 cm³/mol. The minimum atomic E-state index is 0.0842. The molecular weight excluding hydrogens is 252 g/mol. The molecule has 2 N–H and O–H groups in total. The number of carbonyl (C=O) groups excluding carboxylic acids is 1. The second-order valence-corrected chi connectivity index (χ2v) is 5.25. The highest BCUT2D eigenvalue weighted by atomic mass is 16.1. The molecule has 1 aliphatic carbocycles. The Labute approximate surface area is 117 Å². The molecule has 1 aromatic carbocycles. The maximum absolute atomic E-state index is 12.5. The van der Waals surface area contributed by atoms with Crippen LogP contribution in [0.1, 0.15) is 46.8 Å². The first kappa shape index (κ1) is 13.0. The van der Waals surface area contributed by atoms with Crippen LogP contribution in [-0.2, 0) is 13.1 Å². The summed E-state index contributed by atoms with van der Waals surface area (Å²) in [5, 5.41) is 7.83. The van der Waals surface area contributed by atoms with Crippen LogP contribution in [0.2, 0.25) is 0 Å². The van der Waals surface area contributed by atoms with E-state index < -0.39 is 0 Å². The lowest BCUT2D eigenvalue weighted by atomic mass is 9.77. The molecule has 1 fully saturated rings. The van der Waals surface area contributed by atoms with E-state index in [-0.39, 0.29) is 12.3 Å². The van der Waals surface area contributed by atoms with Crippen LogP contribution >= 0.6 is 0 Å². The summed E-state index contributed by atoms with van der Waals surface area (Å²) in [5.74, 6) is 0.631. The monoisotopic (exact) mass is 270 g/mol. The molecule has 1 aromatic heterocycles. The first-order chi connectivity index (χ1) is 9.78. The van der Waals surface area contributed by atoms with Crippen molar-refractivity contribution in [1.82, 2.24) is 15.0 Å². The number of ketones is 1. The number of hydrogen-bond donors (Lipinski definition) is 1. The molecule has 1 aliphatic rings. The predicted octanol–water partition coefficient (Wildman–Crippen LogP) is 1.89. The molecule has 20 heavy (non-hydrogen) atoms. The van der Waals surface area contributed by atoms with Gasteiger partial charge >= 0.3 is 0 Å². The van der Waals surface area contributed by atoms with Gasteiger partial charge in [0, 0.05) is 12.1 Å². The van der Waals surface area contributed by atoms with Crippen molar-refractivity contribution >= 4 is 5.78 Å². The van der Waals surface area contributed by atoms with Gasteiger partial charge in [-0.05, 0) is 24.3 Å². The SMILES string of the molecule is NCc1cn(CC(=O)c2ccccc2C2CCC2)nn1. The van der Waals surface area contributed by atoms with Crippen LogP contribution in [0.3, 0.4) is 0 Å². The normalized spacial score (nSPS) is 15.1. The topological polar surface area (TPSA) is 73.8 Å². The minimum Gasteiger partial charge on any atom is -0.325 e. The lowest BCUT2D eigenvalue weighted by Gasteiger charge is -2.27. The molecule has 5 heteroatoms. The first-order valence-electron chi connectivity index (χ1n) is 6.99. The van der Waals surface area contributed by atoms with Crippen molar-refractivity contribution < 1.29 is 4.79 Å². The number of hydrogen-bond acceptors (Lipinski definition) is 4. The van der Waals surface area contributed by atoms with E-state index in [1.165, 1.54) is 24.8 Å². The summed E-state index contributed by atoms with van der Waals surface area (Å²) >= 11 is 0. The van der Waals surface area contributed by atoms with Crippen molar-refractivity contribution in [2.45, 2.75) is 38.3 Å². The second-order valence-electron chi connectivity index (χ2n) is 5.25. The number of nitrogens with zero attached hydrogens (tertiary/aromatic N) is 3. The Balaban J connectivity index is 1.79. The Morgan fingerprint density at radius 3 is 2.80 bits per heavy atom. The Hall–Kier alpha value is -2.01. The van der Waals surface area contributed by atoms with Crippen molar-refractivity contribution in [3.8, 4) is 0 Å². The van der Waals surface area contributed by atoms with Crippen LogP contribution in [-0.4, -0.2) is 20.8 Å². The van der Waals surface area contributed by atoms with Gasteiger partial charge in [-0.25, -0.2) is 4.68 Å². The van der Waals surface area contributed by atoms with E-state index in [1.54, 1.807) is 10.9 Å². The maximum atomic E-state index is 12.5. The van der Waals surface area contributed by atoms with Crippen LogP contribution in [0.25, 0.3) is 0 Å². The fraction of sp³-hybridized carbons (Fsp3) is 0.400. The van der Waals surface area contributed by atoms with E-state index in [9.17, 15) is 4.79 Å². The van der Waals surface area contributed by atoms with Gasteiger partial charge in [-0.2, -0.15) is 0 Å². The molecule has 1 heterocycles. The number of rotatable bonds is 5. The van der Waals surface area contributed by atoms with Crippen LogP contribution in [0, 0.1) is 0 Å².